The summed E-state index contributed by atoms with van der Waals surface area (Å²) in [4.78, 5) is 51.2. The lowest BCUT2D eigenvalue weighted by molar-refractivity contribution is -0.136. The Bertz CT molecular complexity index is 1350. The summed E-state index contributed by atoms with van der Waals surface area (Å²) in [6.45, 7) is 2.23. The molecule has 0 radical (unpaired) electrons. The molecule has 10 nitrogen and oxygen atoms in total. The van der Waals surface area contributed by atoms with Gasteiger partial charge in [-0.1, -0.05) is 0 Å². The monoisotopic (exact) mass is 564 g/mol. The van der Waals surface area contributed by atoms with Crippen molar-refractivity contribution in [2.45, 2.75) is 31.5 Å². The Morgan fingerprint density at radius 2 is 1.97 bits per heavy atom. The molecule has 1 saturated heterocycles. The lowest BCUT2D eigenvalue weighted by Crippen LogP contribution is -2.61. The first-order valence-corrected chi connectivity index (χ1v) is 13.0. The van der Waals surface area contributed by atoms with Crippen molar-refractivity contribution in [2.24, 2.45) is 0 Å². The molecule has 2 atom stereocenters. The number of H-pyrrole nitrogens is 1. The number of piperidine rings is 1. The molecule has 2 unspecified atom stereocenters. The number of likely N-dealkylation sites (tertiary alicyclic amines) is 1. The minimum atomic E-state index is -0.531. The van der Waals surface area contributed by atoms with Gasteiger partial charge >= 0.3 is 0 Å². The van der Waals surface area contributed by atoms with Crippen LogP contribution in [0.15, 0.2) is 24.3 Å². The first-order chi connectivity index (χ1) is 17.8. The fourth-order valence-corrected chi connectivity index (χ4v) is 5.93. The molecule has 3 amide bonds. The average molecular weight is 565 g/mol. The van der Waals surface area contributed by atoms with Gasteiger partial charge in [0, 0.05) is 55.5 Å². The van der Waals surface area contributed by atoms with Gasteiger partial charge < -0.3 is 30.2 Å². The molecular formula is C25H30ClFN6O4S. The number of hydrogen-bond donors (Lipinski definition) is 3. The van der Waals surface area contributed by atoms with Crippen LogP contribution in [0.2, 0.25) is 0 Å². The molecule has 1 aromatic carbocycles. The molecular weight excluding hydrogens is 535 g/mol. The molecule has 3 N–H and O–H groups in total. The van der Waals surface area contributed by atoms with Gasteiger partial charge in [-0.05, 0) is 37.7 Å². The van der Waals surface area contributed by atoms with E-state index in [-0.39, 0.29) is 49.1 Å². The number of fused-ring (bicyclic) bond motifs is 2. The zero-order valence-electron chi connectivity index (χ0n) is 21.1. The lowest BCUT2D eigenvalue weighted by Gasteiger charge is -2.39. The largest absolute Gasteiger partial charge is 0.375 e. The SMILES string of the molecule is COCC(=O)N1CCC(NC(=O)c2cc3cc(F)ccc3[nH]2)C(NC(=O)c2nc3c(s2)CN(C)CC3)C1.Cl. The van der Waals surface area contributed by atoms with Gasteiger partial charge in [0.2, 0.25) is 5.91 Å². The first kappa shape index (κ1) is 28.0. The van der Waals surface area contributed by atoms with E-state index in [1.165, 1.54) is 30.6 Å². The maximum atomic E-state index is 13.6. The molecule has 0 bridgehead atoms. The molecule has 4 heterocycles. The third-order valence-corrected chi connectivity index (χ3v) is 7.89. The van der Waals surface area contributed by atoms with E-state index in [2.05, 4.69) is 25.5 Å². The molecule has 0 saturated carbocycles. The summed E-state index contributed by atoms with van der Waals surface area (Å²) in [5, 5.41) is 6.97. The predicted octanol–water partition coefficient (Wildman–Crippen LogP) is 1.95. The van der Waals surface area contributed by atoms with Crippen LogP contribution in [-0.2, 0) is 22.5 Å². The van der Waals surface area contributed by atoms with E-state index >= 15 is 0 Å². The van der Waals surface area contributed by atoms with Crippen LogP contribution in [-0.4, -0.2) is 90.0 Å². The normalized spacial score (nSPS) is 19.5. The number of thiazole rings is 1. The second-order valence-electron chi connectivity index (χ2n) is 9.51. The summed E-state index contributed by atoms with van der Waals surface area (Å²) in [5.41, 5.74) is 1.89. The van der Waals surface area contributed by atoms with Crippen LogP contribution in [0.4, 0.5) is 4.39 Å². The fraction of sp³-hybridized carbons (Fsp3) is 0.440. The number of carbonyl (C=O) groups excluding carboxylic acids is 3. The van der Waals surface area contributed by atoms with Crippen LogP contribution in [0, 0.1) is 5.82 Å². The number of halogens is 2. The summed E-state index contributed by atoms with van der Waals surface area (Å²) >= 11 is 1.38. The number of ether oxygens (including phenoxy) is 1. The maximum Gasteiger partial charge on any atom is 0.280 e. The number of rotatable bonds is 6. The van der Waals surface area contributed by atoms with E-state index < -0.39 is 12.1 Å². The van der Waals surface area contributed by atoms with Gasteiger partial charge in [-0.15, -0.1) is 23.7 Å². The van der Waals surface area contributed by atoms with Crippen LogP contribution in [0.3, 0.4) is 0 Å². The zero-order valence-corrected chi connectivity index (χ0v) is 22.7. The van der Waals surface area contributed by atoms with Gasteiger partial charge in [0.25, 0.3) is 11.8 Å². The number of likely N-dealkylation sites (N-methyl/N-ethyl adjacent to an activating group) is 1. The van der Waals surface area contributed by atoms with Gasteiger partial charge in [0.1, 0.15) is 18.1 Å². The van der Waals surface area contributed by atoms with Crippen molar-refractivity contribution in [3.8, 4) is 0 Å². The van der Waals surface area contributed by atoms with Gasteiger partial charge in [-0.25, -0.2) is 9.37 Å². The van der Waals surface area contributed by atoms with E-state index in [1.807, 2.05) is 7.05 Å². The molecule has 2 aromatic heterocycles. The average Bonchev–Trinajstić information content (AvgIpc) is 3.49. The predicted molar refractivity (Wildman–Crippen MR) is 143 cm³/mol. The van der Waals surface area contributed by atoms with Crippen molar-refractivity contribution in [3.63, 3.8) is 0 Å². The molecule has 1 fully saturated rings. The molecule has 5 rings (SSSR count). The van der Waals surface area contributed by atoms with Crippen LogP contribution in [0.25, 0.3) is 10.9 Å². The number of aromatic nitrogens is 2. The first-order valence-electron chi connectivity index (χ1n) is 12.1. The number of aromatic amines is 1. The summed E-state index contributed by atoms with van der Waals surface area (Å²) in [5.74, 6) is -1.26. The van der Waals surface area contributed by atoms with E-state index in [9.17, 15) is 18.8 Å². The van der Waals surface area contributed by atoms with Crippen LogP contribution in [0.5, 0.6) is 0 Å². The minimum Gasteiger partial charge on any atom is -0.375 e. The number of hydrogen-bond acceptors (Lipinski definition) is 7. The molecule has 0 aliphatic carbocycles. The van der Waals surface area contributed by atoms with E-state index in [0.717, 1.165) is 30.1 Å². The van der Waals surface area contributed by atoms with Gasteiger partial charge in [-0.2, -0.15) is 0 Å². The Morgan fingerprint density at radius 1 is 1.18 bits per heavy atom. The molecule has 0 spiro atoms. The lowest BCUT2D eigenvalue weighted by atomic mass is 9.98. The van der Waals surface area contributed by atoms with Crippen molar-refractivity contribution in [2.75, 3.05) is 40.4 Å². The summed E-state index contributed by atoms with van der Waals surface area (Å²) in [6.07, 6.45) is 1.24. The third-order valence-electron chi connectivity index (χ3n) is 6.81. The van der Waals surface area contributed by atoms with E-state index in [1.54, 1.807) is 17.0 Å². The number of amides is 3. The van der Waals surface area contributed by atoms with Crippen molar-refractivity contribution in [1.82, 2.24) is 30.4 Å². The standard InChI is InChI=1S/C25H29FN6O4S.ClH/c1-31-7-5-18-21(12-31)37-25(30-18)24(35)29-20-11-32(22(33)13-36-2)8-6-17(20)28-23(34)19-10-14-9-15(26)3-4-16(14)27-19;/h3-4,9-10,17,20,27H,5-8,11-13H2,1-2H3,(H,28,34)(H,29,35);1H. The quantitative estimate of drug-likeness (QED) is 0.421. The van der Waals surface area contributed by atoms with Crippen molar-refractivity contribution >= 4 is 52.4 Å². The topological polar surface area (TPSA) is 120 Å². The second-order valence-corrected chi connectivity index (χ2v) is 10.6. The Labute approximate surface area is 229 Å². The number of methoxy groups -OCH3 is 1. The Hall–Kier alpha value is -3.06. The van der Waals surface area contributed by atoms with Crippen LogP contribution >= 0.6 is 23.7 Å². The number of nitrogens with one attached hydrogen (secondary N) is 3. The molecule has 204 valence electrons. The van der Waals surface area contributed by atoms with E-state index in [4.69, 9.17) is 4.74 Å². The number of nitrogens with zero attached hydrogens (tertiary/aromatic N) is 3. The molecule has 3 aromatic rings. The Morgan fingerprint density at radius 3 is 2.76 bits per heavy atom. The Balaban J connectivity index is 0.00000336. The minimum absolute atomic E-state index is 0. The molecule has 2 aliphatic rings. The highest BCUT2D eigenvalue weighted by molar-refractivity contribution is 7.13. The van der Waals surface area contributed by atoms with Crippen molar-refractivity contribution in [3.05, 3.63) is 51.4 Å². The zero-order chi connectivity index (χ0) is 26.1. The van der Waals surface area contributed by atoms with Gasteiger partial charge in [-0.3, -0.25) is 14.4 Å². The summed E-state index contributed by atoms with van der Waals surface area (Å²) in [6, 6.07) is 4.90. The van der Waals surface area contributed by atoms with Crippen LogP contribution < -0.4 is 10.6 Å². The molecule has 2 aliphatic heterocycles. The number of benzene rings is 1. The van der Waals surface area contributed by atoms with Gasteiger partial charge in [0.15, 0.2) is 5.01 Å². The van der Waals surface area contributed by atoms with Gasteiger partial charge in [0.05, 0.1) is 17.8 Å². The maximum absolute atomic E-state index is 13.6. The van der Waals surface area contributed by atoms with Crippen molar-refractivity contribution in [1.29, 1.82) is 0 Å². The second kappa shape index (κ2) is 11.8. The summed E-state index contributed by atoms with van der Waals surface area (Å²) in [7, 11) is 3.49. The smallest absolute Gasteiger partial charge is 0.280 e. The fourth-order valence-electron chi connectivity index (χ4n) is 4.83. The Kier molecular flexibility index (Phi) is 8.66. The van der Waals surface area contributed by atoms with Crippen molar-refractivity contribution < 1.29 is 23.5 Å². The van der Waals surface area contributed by atoms with Crippen LogP contribution in [0.1, 0.15) is 37.3 Å². The highest BCUT2D eigenvalue weighted by atomic mass is 35.5. The highest BCUT2D eigenvalue weighted by Gasteiger charge is 2.35. The van der Waals surface area contributed by atoms with E-state index in [0.29, 0.717) is 34.6 Å². The third kappa shape index (κ3) is 5.98. The molecule has 13 heteroatoms. The molecule has 38 heavy (non-hydrogen) atoms. The summed E-state index contributed by atoms with van der Waals surface area (Å²) < 4.78 is 18.6. The highest BCUT2D eigenvalue weighted by Crippen LogP contribution is 2.25. The number of carbonyl (C=O) groups is 3.